The Labute approximate surface area is 542 Å². The van der Waals surface area contributed by atoms with Crippen molar-refractivity contribution in [3.05, 3.63) is 332 Å². The van der Waals surface area contributed by atoms with Crippen molar-refractivity contribution >= 4 is 28.8 Å². The van der Waals surface area contributed by atoms with E-state index in [-0.39, 0.29) is 58.9 Å². The third kappa shape index (κ3) is 11.5. The molecule has 13 rings (SSSR count). The molecule has 0 heterocycles. The van der Waals surface area contributed by atoms with Gasteiger partial charge in [-0.05, 0) is 134 Å². The molecule has 0 aliphatic rings. The fourth-order valence-electron chi connectivity index (χ4n) is 13.1. The molecule has 0 spiro atoms. The fraction of sp³-hybridized carbons (Fsp3) is 0.0494. The fourth-order valence-corrected chi connectivity index (χ4v) is 19.2. The molecule has 0 nitrogen and oxygen atoms in total. The molecule has 13 aromatic carbocycles. The Morgan fingerprint density at radius 3 is 0.581 bits per heavy atom. The van der Waals surface area contributed by atoms with E-state index in [4.69, 9.17) is 0 Å². The van der Waals surface area contributed by atoms with E-state index in [9.17, 15) is 0 Å². The SMILES string of the molecule is Cc1c(C)c([Si](c2cc(-c3ccccc3)c(-c3ccccc3)cc2-c2ccccc2)(c2cc(-c3ccccc3)c(-c3ccccc3)cc2-c2ccccc2)c2cc(-c3ccccc3)c(-c3ccccc3)cc2-c2ccccc2)[c-](C)c1C.[Cl-].[Cl-].[Cl-].[Ti+4]. The third-order valence-corrected chi connectivity index (χ3v) is 22.4. The molecule has 0 radical (unpaired) electrons. The average molecular weight is 1220 g/mol. The summed E-state index contributed by atoms with van der Waals surface area (Å²) in [7, 11) is -3.95. The first kappa shape index (κ1) is 62.3. The van der Waals surface area contributed by atoms with E-state index in [1.165, 1.54) is 143 Å². The molecule has 0 saturated heterocycles. The minimum absolute atomic E-state index is 0. The quantitative estimate of drug-likeness (QED) is 0.0614. The maximum absolute atomic E-state index is 3.95. The Morgan fingerprint density at radius 1 is 0.233 bits per heavy atom. The molecule has 0 N–H and O–H groups in total. The van der Waals surface area contributed by atoms with Gasteiger partial charge < -0.3 is 37.2 Å². The van der Waals surface area contributed by atoms with Crippen molar-refractivity contribution in [2.24, 2.45) is 0 Å². The van der Waals surface area contributed by atoms with Gasteiger partial charge in [-0.25, -0.2) is 0 Å². The Hall–Kier alpha value is -8.21. The summed E-state index contributed by atoms with van der Waals surface area (Å²) in [5, 5.41) is 5.43. The van der Waals surface area contributed by atoms with E-state index in [0.29, 0.717) is 0 Å². The first-order valence-electron chi connectivity index (χ1n) is 28.7. The first-order chi connectivity index (χ1) is 40.4. The van der Waals surface area contributed by atoms with E-state index in [1.807, 2.05) is 0 Å². The topological polar surface area (TPSA) is 0 Å². The van der Waals surface area contributed by atoms with Crippen LogP contribution in [-0.2, 0) is 21.7 Å². The van der Waals surface area contributed by atoms with Crippen LogP contribution >= 0.6 is 0 Å². The van der Waals surface area contributed by atoms with Gasteiger partial charge >= 0.3 is 21.7 Å². The van der Waals surface area contributed by atoms with Gasteiger partial charge in [0.05, 0.1) is 0 Å². The van der Waals surface area contributed by atoms with Crippen LogP contribution < -0.4 is 58.0 Å². The van der Waals surface area contributed by atoms with Crippen LogP contribution in [0.25, 0.3) is 100 Å². The van der Waals surface area contributed by atoms with Gasteiger partial charge in [-0.15, -0.1) is 0 Å². The van der Waals surface area contributed by atoms with E-state index in [1.54, 1.807) is 0 Å². The second-order valence-electron chi connectivity index (χ2n) is 21.7. The van der Waals surface area contributed by atoms with Crippen LogP contribution in [0.15, 0.2) is 309 Å². The second-order valence-corrected chi connectivity index (χ2v) is 25.4. The molecule has 0 amide bonds. The normalized spacial score (nSPS) is 10.9. The van der Waals surface area contributed by atoms with Crippen LogP contribution in [0, 0.1) is 27.7 Å². The maximum atomic E-state index is 2.67. The Morgan fingerprint density at radius 2 is 0.407 bits per heavy atom. The average Bonchev–Trinajstić information content (AvgIpc) is 1.17. The standard InChI is InChI=1S/C81H63Si.3ClH.Ti/c1-56-57(2)59(4)81(58(56)3)82(78-53-72(63-38-20-8-21-39-63)69(60-32-14-5-15-33-60)50-75(78)66-44-26-11-27-45-66,79-54-73(64-40-22-9-23-41-64)70(61-34-16-6-17-35-61)51-76(79)67-46-28-12-29-47-67)80-55-74(65-42-24-10-25-43-65)71(62-36-18-7-19-37-62)52-77(80)68-48-30-13-31-49-68;;;;/h5-55H,1-4H3;3*1H;/q-1;;;;+4/p-3. The predicted molar refractivity (Wildman–Crippen MR) is 354 cm³/mol. The van der Waals surface area contributed by atoms with Crippen molar-refractivity contribution < 1.29 is 58.9 Å². The van der Waals surface area contributed by atoms with Gasteiger partial charge in [-0.2, -0.15) is 27.4 Å². The molecule has 0 saturated carbocycles. The molecule has 0 aliphatic heterocycles. The number of benzene rings is 12. The molecule has 0 aromatic heterocycles. The minimum atomic E-state index is -3.95. The zero-order chi connectivity index (χ0) is 55.6. The van der Waals surface area contributed by atoms with Crippen LogP contribution in [0.2, 0.25) is 0 Å². The summed E-state index contributed by atoms with van der Waals surface area (Å²) in [6, 6.07) is 116. The maximum Gasteiger partial charge on any atom is 4.00 e. The van der Waals surface area contributed by atoms with E-state index >= 15 is 0 Å². The number of halogens is 3. The van der Waals surface area contributed by atoms with Crippen molar-refractivity contribution in [1.29, 1.82) is 0 Å². The molecule has 0 bridgehead atoms. The Bertz CT molecular complexity index is 3930. The number of hydrogen-bond acceptors (Lipinski definition) is 0. The molecular weight excluding hydrogens is 1160 g/mol. The van der Waals surface area contributed by atoms with E-state index < -0.39 is 8.07 Å². The van der Waals surface area contributed by atoms with Gasteiger partial charge in [0.2, 0.25) is 0 Å². The predicted octanol–water partition coefficient (Wildman–Crippen LogP) is 10.0. The molecule has 86 heavy (non-hydrogen) atoms. The molecule has 416 valence electrons. The largest absolute Gasteiger partial charge is 4.00 e. The summed E-state index contributed by atoms with van der Waals surface area (Å²) in [4.78, 5) is 0. The van der Waals surface area contributed by atoms with Crippen molar-refractivity contribution in [3.8, 4) is 100 Å². The minimum Gasteiger partial charge on any atom is -1.00 e. The van der Waals surface area contributed by atoms with Gasteiger partial charge in [0.25, 0.3) is 0 Å². The Kier molecular flexibility index (Phi) is 19.9. The summed E-state index contributed by atoms with van der Waals surface area (Å²) in [5.41, 5.74) is 26.8. The molecule has 0 aliphatic carbocycles. The van der Waals surface area contributed by atoms with Gasteiger partial charge in [0.15, 0.2) is 8.07 Å². The summed E-state index contributed by atoms with van der Waals surface area (Å²) >= 11 is 0. The molecule has 0 fully saturated rings. The van der Waals surface area contributed by atoms with E-state index in [0.717, 1.165) is 0 Å². The van der Waals surface area contributed by atoms with Crippen LogP contribution in [0.4, 0.5) is 0 Å². The van der Waals surface area contributed by atoms with Gasteiger partial charge in [0, 0.05) is 0 Å². The molecule has 0 unspecified atom stereocenters. The summed E-state index contributed by atoms with van der Waals surface area (Å²) in [5.74, 6) is 0. The second kappa shape index (κ2) is 27.4. The summed E-state index contributed by atoms with van der Waals surface area (Å²) in [6.07, 6.45) is 0. The van der Waals surface area contributed by atoms with E-state index in [2.05, 4.69) is 337 Å². The monoisotopic (exact) mass is 1220 g/mol. The van der Waals surface area contributed by atoms with Crippen LogP contribution in [0.5, 0.6) is 0 Å². The molecule has 0 atom stereocenters. The molecule has 13 aromatic rings. The van der Waals surface area contributed by atoms with Gasteiger partial charge in [0.1, 0.15) is 0 Å². The number of rotatable bonds is 13. The molecule has 5 heteroatoms. The first-order valence-corrected chi connectivity index (χ1v) is 30.7. The van der Waals surface area contributed by atoms with Crippen molar-refractivity contribution in [3.63, 3.8) is 0 Å². The zero-order valence-corrected chi connectivity index (χ0v) is 53.4. The summed E-state index contributed by atoms with van der Waals surface area (Å²) < 4.78 is 0. The van der Waals surface area contributed by atoms with Crippen LogP contribution in [0.3, 0.4) is 0 Å². The smallest absolute Gasteiger partial charge is 1.00 e. The van der Waals surface area contributed by atoms with Crippen molar-refractivity contribution in [2.45, 2.75) is 27.7 Å². The van der Waals surface area contributed by atoms with Crippen molar-refractivity contribution in [1.82, 2.24) is 0 Å². The van der Waals surface area contributed by atoms with Gasteiger partial charge in [-0.1, -0.05) is 319 Å². The molecular formula is C81H63Cl3SiTi. The van der Waals surface area contributed by atoms with Crippen LogP contribution in [0.1, 0.15) is 22.3 Å². The van der Waals surface area contributed by atoms with Crippen molar-refractivity contribution in [2.75, 3.05) is 0 Å². The van der Waals surface area contributed by atoms with Crippen LogP contribution in [-0.4, -0.2) is 8.07 Å². The van der Waals surface area contributed by atoms with Gasteiger partial charge in [-0.3, -0.25) is 0 Å². The Balaban J connectivity index is 0.00000221. The number of hydrogen-bond donors (Lipinski definition) is 0. The summed E-state index contributed by atoms with van der Waals surface area (Å²) in [6.45, 7) is 9.60. The third-order valence-electron chi connectivity index (χ3n) is 17.3. The zero-order valence-electron chi connectivity index (χ0n) is 48.6.